The van der Waals surface area contributed by atoms with Crippen molar-refractivity contribution in [1.82, 2.24) is 0 Å². The van der Waals surface area contributed by atoms with E-state index in [-0.39, 0.29) is 11.5 Å². The van der Waals surface area contributed by atoms with Gasteiger partial charge in [0.2, 0.25) is 0 Å². The second-order valence-electron chi connectivity index (χ2n) is 4.55. The maximum atomic E-state index is 11.6. The third kappa shape index (κ3) is 2.20. The number of ether oxygens (including phenoxy) is 1. The smallest absolute Gasteiger partial charge is 0.415 e. The van der Waals surface area contributed by atoms with Crippen molar-refractivity contribution in [3.63, 3.8) is 0 Å². The van der Waals surface area contributed by atoms with Crippen LogP contribution in [0.4, 0.5) is 0 Å². The normalized spacial score (nSPS) is 11.6. The molecule has 1 aromatic rings. The van der Waals surface area contributed by atoms with Gasteiger partial charge in [-0.25, -0.2) is 4.79 Å². The SMILES string of the molecule is COC(=O)c1sc(C)c(C)[n+]1C(C)(C)C. The zero-order chi connectivity index (χ0) is 11.8. The molecule has 84 valence electrons. The fourth-order valence-electron chi connectivity index (χ4n) is 1.60. The van der Waals surface area contributed by atoms with E-state index in [1.165, 1.54) is 18.4 Å². The average molecular weight is 228 g/mol. The Hall–Kier alpha value is -0.900. The molecule has 1 rings (SSSR count). The Morgan fingerprint density at radius 2 is 1.87 bits per heavy atom. The number of aryl methyl sites for hydroxylation is 1. The quantitative estimate of drug-likeness (QED) is 0.545. The van der Waals surface area contributed by atoms with Crippen LogP contribution in [0.5, 0.6) is 0 Å². The predicted octanol–water partition coefficient (Wildman–Crippen LogP) is 2.19. The first kappa shape index (κ1) is 12.2. The maximum Gasteiger partial charge on any atom is 0.415 e. The molecule has 0 atom stereocenters. The molecule has 4 heteroatoms. The Morgan fingerprint density at radius 1 is 1.33 bits per heavy atom. The van der Waals surface area contributed by atoms with E-state index in [4.69, 9.17) is 4.74 Å². The van der Waals surface area contributed by atoms with Gasteiger partial charge >= 0.3 is 11.0 Å². The first-order valence-corrected chi connectivity index (χ1v) is 5.71. The van der Waals surface area contributed by atoms with Crippen LogP contribution >= 0.6 is 11.3 Å². The van der Waals surface area contributed by atoms with Crippen LogP contribution in [-0.2, 0) is 10.3 Å². The van der Waals surface area contributed by atoms with Crippen LogP contribution in [0.25, 0.3) is 0 Å². The van der Waals surface area contributed by atoms with E-state index in [0.29, 0.717) is 5.01 Å². The number of carbonyl (C=O) groups is 1. The second kappa shape index (κ2) is 3.93. The van der Waals surface area contributed by atoms with Gasteiger partial charge in [0.15, 0.2) is 11.2 Å². The highest BCUT2D eigenvalue weighted by Crippen LogP contribution is 2.20. The van der Waals surface area contributed by atoms with E-state index in [9.17, 15) is 4.79 Å². The first-order valence-electron chi connectivity index (χ1n) is 4.90. The highest BCUT2D eigenvalue weighted by molar-refractivity contribution is 7.13. The minimum Gasteiger partial charge on any atom is -0.460 e. The van der Waals surface area contributed by atoms with Gasteiger partial charge in [-0.3, -0.25) is 0 Å². The van der Waals surface area contributed by atoms with Crippen LogP contribution in [0.2, 0.25) is 0 Å². The van der Waals surface area contributed by atoms with Gasteiger partial charge in [-0.2, -0.15) is 4.57 Å². The molecule has 0 bridgehead atoms. The van der Waals surface area contributed by atoms with Gasteiger partial charge in [0.25, 0.3) is 0 Å². The van der Waals surface area contributed by atoms with E-state index in [2.05, 4.69) is 20.8 Å². The van der Waals surface area contributed by atoms with Crippen molar-refractivity contribution in [2.45, 2.75) is 40.2 Å². The molecule has 0 aliphatic heterocycles. The standard InChI is InChI=1S/C11H18NO2S/c1-7-8(2)15-9(10(13)14-6)12(7)11(3,4)5/h1-6H3/q+1. The fraction of sp³-hybridized carbons (Fsp3) is 0.636. The summed E-state index contributed by atoms with van der Waals surface area (Å²) in [7, 11) is 1.42. The van der Waals surface area contributed by atoms with Crippen LogP contribution in [-0.4, -0.2) is 13.1 Å². The summed E-state index contributed by atoms with van der Waals surface area (Å²) >= 11 is 1.49. The van der Waals surface area contributed by atoms with Crippen LogP contribution in [0, 0.1) is 13.8 Å². The van der Waals surface area contributed by atoms with Crippen molar-refractivity contribution in [3.05, 3.63) is 15.6 Å². The Balaban J connectivity index is 3.41. The summed E-state index contributed by atoms with van der Waals surface area (Å²) in [6, 6.07) is 0. The zero-order valence-corrected chi connectivity index (χ0v) is 11.0. The summed E-state index contributed by atoms with van der Waals surface area (Å²) in [5, 5.41) is 0.667. The Morgan fingerprint density at radius 3 is 2.27 bits per heavy atom. The van der Waals surface area contributed by atoms with Gasteiger partial charge in [-0.1, -0.05) is 11.3 Å². The van der Waals surface area contributed by atoms with Crippen molar-refractivity contribution in [1.29, 1.82) is 0 Å². The number of thiazole rings is 1. The zero-order valence-electron chi connectivity index (χ0n) is 10.2. The molecule has 0 aromatic carbocycles. The van der Waals surface area contributed by atoms with E-state index in [0.717, 1.165) is 10.6 Å². The Labute approximate surface area is 94.7 Å². The molecule has 0 saturated carbocycles. The van der Waals surface area contributed by atoms with Crippen molar-refractivity contribution in [3.8, 4) is 0 Å². The van der Waals surface area contributed by atoms with Gasteiger partial charge < -0.3 is 4.74 Å². The third-order valence-electron chi connectivity index (χ3n) is 2.33. The van der Waals surface area contributed by atoms with Crippen molar-refractivity contribution < 1.29 is 14.1 Å². The number of rotatable bonds is 1. The summed E-state index contributed by atoms with van der Waals surface area (Å²) in [6.45, 7) is 10.3. The molecule has 0 saturated heterocycles. The van der Waals surface area contributed by atoms with E-state index in [1.54, 1.807) is 0 Å². The van der Waals surface area contributed by atoms with Gasteiger partial charge in [-0.15, -0.1) is 0 Å². The molecule has 0 unspecified atom stereocenters. The summed E-state index contributed by atoms with van der Waals surface area (Å²) in [5.41, 5.74) is 1.03. The number of nitrogens with zero attached hydrogens (tertiary/aromatic N) is 1. The summed E-state index contributed by atoms with van der Waals surface area (Å²) < 4.78 is 6.83. The molecule has 0 fully saturated rings. The lowest BCUT2D eigenvalue weighted by atomic mass is 10.1. The largest absolute Gasteiger partial charge is 0.460 e. The molecule has 0 amide bonds. The minimum absolute atomic E-state index is 0.0988. The average Bonchev–Trinajstić information content (AvgIpc) is 2.41. The molecule has 0 aliphatic carbocycles. The lowest BCUT2D eigenvalue weighted by Crippen LogP contribution is -2.54. The van der Waals surface area contributed by atoms with Gasteiger partial charge in [0.05, 0.1) is 12.0 Å². The van der Waals surface area contributed by atoms with Crippen molar-refractivity contribution in [2.75, 3.05) is 7.11 Å². The lowest BCUT2D eigenvalue weighted by Gasteiger charge is -2.13. The van der Waals surface area contributed by atoms with E-state index in [1.807, 2.05) is 18.4 Å². The molecule has 0 N–H and O–H groups in total. The maximum absolute atomic E-state index is 11.6. The Bertz CT molecular complexity index is 388. The number of esters is 1. The van der Waals surface area contributed by atoms with Gasteiger partial charge in [0.1, 0.15) is 0 Å². The molecular formula is C11H18NO2S+. The van der Waals surface area contributed by atoms with Crippen LogP contribution in [0.3, 0.4) is 0 Å². The van der Waals surface area contributed by atoms with Gasteiger partial charge in [0, 0.05) is 27.7 Å². The number of aromatic nitrogens is 1. The van der Waals surface area contributed by atoms with Crippen LogP contribution in [0.15, 0.2) is 0 Å². The molecule has 0 spiro atoms. The van der Waals surface area contributed by atoms with Crippen LogP contribution in [0.1, 0.15) is 41.1 Å². The number of carbonyl (C=O) groups excluding carboxylic acids is 1. The Kier molecular flexibility index (Phi) is 3.19. The number of hydrogen-bond donors (Lipinski definition) is 0. The summed E-state index contributed by atoms with van der Waals surface area (Å²) in [5.74, 6) is -0.258. The fourth-order valence-corrected chi connectivity index (χ4v) is 2.80. The third-order valence-corrected chi connectivity index (χ3v) is 3.47. The topological polar surface area (TPSA) is 30.2 Å². The summed E-state index contributed by atoms with van der Waals surface area (Å²) in [4.78, 5) is 12.8. The highest BCUT2D eigenvalue weighted by Gasteiger charge is 2.36. The second-order valence-corrected chi connectivity index (χ2v) is 5.75. The minimum atomic E-state index is -0.258. The van der Waals surface area contributed by atoms with Crippen molar-refractivity contribution >= 4 is 17.3 Å². The summed E-state index contributed by atoms with van der Waals surface area (Å²) in [6.07, 6.45) is 0. The van der Waals surface area contributed by atoms with Crippen molar-refractivity contribution in [2.24, 2.45) is 0 Å². The molecule has 3 nitrogen and oxygen atoms in total. The molecule has 0 radical (unpaired) electrons. The molecule has 15 heavy (non-hydrogen) atoms. The van der Waals surface area contributed by atoms with E-state index >= 15 is 0 Å². The molecular weight excluding hydrogens is 210 g/mol. The number of hydrogen-bond acceptors (Lipinski definition) is 3. The predicted molar refractivity (Wildman–Crippen MR) is 60.3 cm³/mol. The highest BCUT2D eigenvalue weighted by atomic mass is 32.1. The first-order chi connectivity index (χ1) is 6.79. The number of methoxy groups -OCH3 is 1. The van der Waals surface area contributed by atoms with Gasteiger partial charge in [-0.05, 0) is 6.92 Å². The van der Waals surface area contributed by atoms with E-state index < -0.39 is 0 Å². The van der Waals surface area contributed by atoms with Crippen LogP contribution < -0.4 is 4.57 Å². The lowest BCUT2D eigenvalue weighted by molar-refractivity contribution is -0.756. The molecule has 0 aliphatic rings. The molecule has 1 heterocycles. The molecule has 1 aromatic heterocycles. The monoisotopic (exact) mass is 228 g/mol.